The summed E-state index contributed by atoms with van der Waals surface area (Å²) in [6.45, 7) is 5.61. The zero-order valence-electron chi connectivity index (χ0n) is 13.9. The van der Waals surface area contributed by atoms with E-state index in [1.54, 1.807) is 0 Å². The van der Waals surface area contributed by atoms with Gasteiger partial charge in [-0.3, -0.25) is 4.90 Å². The molecule has 1 aromatic carbocycles. The Balaban J connectivity index is 1.46. The molecule has 1 saturated heterocycles. The maximum absolute atomic E-state index is 4.59. The van der Waals surface area contributed by atoms with Crippen LogP contribution in [-0.4, -0.2) is 27.0 Å². The van der Waals surface area contributed by atoms with Crippen LogP contribution >= 0.6 is 15.9 Å². The molecule has 2 aromatic heterocycles. The van der Waals surface area contributed by atoms with Crippen molar-refractivity contribution in [3.8, 4) is 0 Å². The third-order valence-corrected chi connectivity index (χ3v) is 5.48. The van der Waals surface area contributed by atoms with E-state index >= 15 is 0 Å². The smallest absolute Gasteiger partial charge is 0.139 e. The lowest BCUT2D eigenvalue weighted by atomic mass is 10.1. The first-order valence-corrected chi connectivity index (χ1v) is 9.37. The quantitative estimate of drug-likeness (QED) is 0.650. The van der Waals surface area contributed by atoms with E-state index in [1.807, 2.05) is 6.20 Å². The van der Waals surface area contributed by atoms with Gasteiger partial charge in [0.2, 0.25) is 0 Å². The largest absolute Gasteiger partial charge is 0.332 e. The van der Waals surface area contributed by atoms with Gasteiger partial charge in [-0.05, 0) is 52.9 Å². The van der Waals surface area contributed by atoms with Crippen molar-refractivity contribution >= 4 is 27.0 Å². The van der Waals surface area contributed by atoms with Gasteiger partial charge in [0, 0.05) is 47.9 Å². The first-order valence-electron chi connectivity index (χ1n) is 8.57. The van der Waals surface area contributed by atoms with Crippen molar-refractivity contribution in [3.05, 3.63) is 64.9 Å². The highest BCUT2D eigenvalue weighted by Gasteiger charge is 2.29. The molecule has 0 amide bonds. The van der Waals surface area contributed by atoms with Crippen molar-refractivity contribution in [2.45, 2.75) is 32.5 Å². The minimum Gasteiger partial charge on any atom is -0.332 e. The SMILES string of the molecule is CC1CC(Cn2ccc3cc(Br)cnc32)CN1Cc1ccccc1. The van der Waals surface area contributed by atoms with Crippen molar-refractivity contribution in [3.63, 3.8) is 0 Å². The molecule has 4 heteroatoms. The summed E-state index contributed by atoms with van der Waals surface area (Å²) in [5.41, 5.74) is 2.50. The van der Waals surface area contributed by atoms with Crippen molar-refractivity contribution in [1.82, 2.24) is 14.5 Å². The predicted molar refractivity (Wildman–Crippen MR) is 102 cm³/mol. The van der Waals surface area contributed by atoms with Crippen LogP contribution in [0, 0.1) is 5.92 Å². The molecule has 3 heterocycles. The fourth-order valence-electron chi connectivity index (χ4n) is 3.86. The van der Waals surface area contributed by atoms with E-state index in [4.69, 9.17) is 0 Å². The van der Waals surface area contributed by atoms with Crippen LogP contribution in [0.4, 0.5) is 0 Å². The number of pyridine rings is 1. The van der Waals surface area contributed by atoms with Gasteiger partial charge in [0.15, 0.2) is 0 Å². The molecule has 0 bridgehead atoms. The number of nitrogens with zero attached hydrogens (tertiary/aromatic N) is 3. The average Bonchev–Trinajstić information content (AvgIpc) is 3.12. The van der Waals surface area contributed by atoms with Crippen LogP contribution in [0.5, 0.6) is 0 Å². The van der Waals surface area contributed by atoms with E-state index in [-0.39, 0.29) is 0 Å². The average molecular weight is 384 g/mol. The van der Waals surface area contributed by atoms with Gasteiger partial charge in [0.1, 0.15) is 5.65 Å². The summed E-state index contributed by atoms with van der Waals surface area (Å²) in [6, 6.07) is 15.7. The third kappa shape index (κ3) is 3.26. The summed E-state index contributed by atoms with van der Waals surface area (Å²) in [5.74, 6) is 0.685. The number of aromatic nitrogens is 2. The first-order chi connectivity index (χ1) is 11.7. The molecule has 3 aromatic rings. The van der Waals surface area contributed by atoms with Crippen LogP contribution < -0.4 is 0 Å². The van der Waals surface area contributed by atoms with Gasteiger partial charge in [-0.1, -0.05) is 30.3 Å². The van der Waals surface area contributed by atoms with Crippen molar-refractivity contribution < 1.29 is 0 Å². The lowest BCUT2D eigenvalue weighted by Gasteiger charge is -2.21. The Kier molecular flexibility index (Phi) is 4.42. The zero-order chi connectivity index (χ0) is 16.5. The molecular formula is C20H22BrN3. The van der Waals surface area contributed by atoms with Crippen LogP contribution in [0.3, 0.4) is 0 Å². The summed E-state index contributed by atoms with van der Waals surface area (Å²) in [7, 11) is 0. The lowest BCUT2D eigenvalue weighted by molar-refractivity contribution is 0.253. The third-order valence-electron chi connectivity index (χ3n) is 5.04. The van der Waals surface area contributed by atoms with Gasteiger partial charge in [-0.2, -0.15) is 0 Å². The fraction of sp³-hybridized carbons (Fsp3) is 0.350. The van der Waals surface area contributed by atoms with Gasteiger partial charge in [-0.15, -0.1) is 0 Å². The molecule has 1 aliphatic heterocycles. The van der Waals surface area contributed by atoms with Crippen LogP contribution in [0.2, 0.25) is 0 Å². The van der Waals surface area contributed by atoms with E-state index in [0.717, 1.165) is 29.8 Å². The molecular weight excluding hydrogens is 362 g/mol. The topological polar surface area (TPSA) is 21.1 Å². The molecule has 2 atom stereocenters. The Morgan fingerprint density at radius 3 is 2.88 bits per heavy atom. The number of fused-ring (bicyclic) bond motifs is 1. The summed E-state index contributed by atoms with van der Waals surface area (Å²) in [6.07, 6.45) is 5.31. The highest BCUT2D eigenvalue weighted by Crippen LogP contribution is 2.27. The number of rotatable bonds is 4. The minimum atomic E-state index is 0.638. The molecule has 24 heavy (non-hydrogen) atoms. The Morgan fingerprint density at radius 1 is 1.21 bits per heavy atom. The molecule has 2 unspecified atom stereocenters. The minimum absolute atomic E-state index is 0.638. The molecule has 0 aliphatic carbocycles. The van der Waals surface area contributed by atoms with Gasteiger partial charge < -0.3 is 4.57 Å². The molecule has 4 rings (SSSR count). The lowest BCUT2D eigenvalue weighted by Crippen LogP contribution is -2.26. The van der Waals surface area contributed by atoms with Crippen molar-refractivity contribution in [2.75, 3.05) is 6.54 Å². The van der Waals surface area contributed by atoms with E-state index in [9.17, 15) is 0 Å². The highest BCUT2D eigenvalue weighted by atomic mass is 79.9. The fourth-order valence-corrected chi connectivity index (χ4v) is 4.21. The number of hydrogen-bond donors (Lipinski definition) is 0. The van der Waals surface area contributed by atoms with E-state index in [0.29, 0.717) is 12.0 Å². The standard InChI is InChI=1S/C20H22BrN3/c1-15-9-17(14-24(15)12-16-5-3-2-4-6-16)13-23-8-7-18-10-19(21)11-22-20(18)23/h2-8,10-11,15,17H,9,12-14H2,1H3. The molecule has 124 valence electrons. The Hall–Kier alpha value is -1.65. The van der Waals surface area contributed by atoms with Crippen LogP contribution in [0.25, 0.3) is 11.0 Å². The molecule has 0 radical (unpaired) electrons. The van der Waals surface area contributed by atoms with Gasteiger partial charge in [0.05, 0.1) is 0 Å². The second-order valence-corrected chi connectivity index (χ2v) is 7.82. The highest BCUT2D eigenvalue weighted by molar-refractivity contribution is 9.10. The molecule has 1 fully saturated rings. The normalized spacial score (nSPS) is 21.6. The van der Waals surface area contributed by atoms with Crippen LogP contribution in [0.15, 0.2) is 59.3 Å². The van der Waals surface area contributed by atoms with Gasteiger partial charge in [0.25, 0.3) is 0 Å². The summed E-state index contributed by atoms with van der Waals surface area (Å²) in [4.78, 5) is 7.20. The Morgan fingerprint density at radius 2 is 2.04 bits per heavy atom. The summed E-state index contributed by atoms with van der Waals surface area (Å²) >= 11 is 3.50. The molecule has 0 N–H and O–H groups in total. The van der Waals surface area contributed by atoms with Gasteiger partial charge in [-0.25, -0.2) is 4.98 Å². The van der Waals surface area contributed by atoms with Crippen molar-refractivity contribution in [1.29, 1.82) is 0 Å². The molecule has 3 nitrogen and oxygen atoms in total. The van der Waals surface area contributed by atoms with Gasteiger partial charge >= 0.3 is 0 Å². The summed E-state index contributed by atoms with van der Waals surface area (Å²) < 4.78 is 3.35. The maximum Gasteiger partial charge on any atom is 0.139 e. The van der Waals surface area contributed by atoms with E-state index < -0.39 is 0 Å². The number of halogens is 1. The predicted octanol–water partition coefficient (Wildman–Crippen LogP) is 4.71. The maximum atomic E-state index is 4.59. The summed E-state index contributed by atoms with van der Waals surface area (Å²) in [5, 5.41) is 1.21. The monoisotopic (exact) mass is 383 g/mol. The van der Waals surface area contributed by atoms with Crippen molar-refractivity contribution in [2.24, 2.45) is 5.92 Å². The number of likely N-dealkylation sites (tertiary alicyclic amines) is 1. The number of hydrogen-bond acceptors (Lipinski definition) is 2. The molecule has 0 spiro atoms. The van der Waals surface area contributed by atoms with Crippen LogP contribution in [-0.2, 0) is 13.1 Å². The Bertz CT molecular complexity index is 827. The zero-order valence-corrected chi connectivity index (χ0v) is 15.5. The second-order valence-electron chi connectivity index (χ2n) is 6.90. The molecule has 1 aliphatic rings. The first kappa shape index (κ1) is 15.9. The van der Waals surface area contributed by atoms with Crippen LogP contribution in [0.1, 0.15) is 18.9 Å². The second kappa shape index (κ2) is 6.69. The number of benzene rings is 1. The van der Waals surface area contributed by atoms with E-state index in [1.165, 1.54) is 17.4 Å². The molecule has 0 saturated carbocycles. The Labute approximate surface area is 151 Å². The van der Waals surface area contributed by atoms with E-state index in [2.05, 4.69) is 86.0 Å².